The summed E-state index contributed by atoms with van der Waals surface area (Å²) >= 11 is 0. The number of aromatic nitrogens is 3. The molecule has 2 aromatic heterocycles. The minimum absolute atomic E-state index is 0.180. The largest absolute Gasteiger partial charge is 0.350 e. The van der Waals surface area contributed by atoms with E-state index in [9.17, 15) is 22.0 Å². The van der Waals surface area contributed by atoms with Crippen molar-refractivity contribution in [2.24, 2.45) is 0 Å². The molecule has 2 aromatic carbocycles. The normalized spacial score (nSPS) is 17.5. The summed E-state index contributed by atoms with van der Waals surface area (Å²) in [6.07, 6.45) is 0.652. The molecule has 3 N–H and O–H groups in total. The molecule has 3 heterocycles. The van der Waals surface area contributed by atoms with Crippen molar-refractivity contribution >= 4 is 32.7 Å². The Balaban J connectivity index is 1.48. The monoisotopic (exact) mass is 604 g/mol. The molecule has 0 radical (unpaired) electrons. The van der Waals surface area contributed by atoms with Crippen molar-refractivity contribution in [3.8, 4) is 11.1 Å². The molecular formula is C28H28F4N6O3S. The lowest BCUT2D eigenvalue weighted by molar-refractivity contribution is 0.254. The molecule has 1 aliphatic rings. The molecule has 2 atom stereocenters. The summed E-state index contributed by atoms with van der Waals surface area (Å²) < 4.78 is 86.2. The van der Waals surface area contributed by atoms with Crippen LogP contribution in [0.5, 0.6) is 0 Å². The van der Waals surface area contributed by atoms with E-state index >= 15 is 8.78 Å². The second-order valence-electron chi connectivity index (χ2n) is 10.4. The van der Waals surface area contributed by atoms with E-state index in [1.165, 1.54) is 29.0 Å². The zero-order chi connectivity index (χ0) is 30.2. The molecule has 0 saturated carbocycles. The Kier molecular flexibility index (Phi) is 8.19. The lowest BCUT2D eigenvalue weighted by Crippen LogP contribution is -2.44. The number of hydrogen-bond donors (Lipinski definition) is 3. The maximum atomic E-state index is 15.4. The fourth-order valence-corrected chi connectivity index (χ4v) is 6.12. The number of nitrogens with zero attached hydrogens (tertiary/aromatic N) is 3. The average Bonchev–Trinajstić information content (AvgIpc) is 2.89. The zero-order valence-corrected chi connectivity index (χ0v) is 23.5. The fraction of sp³-hybridized carbons (Fsp3) is 0.321. The van der Waals surface area contributed by atoms with Crippen molar-refractivity contribution in [3.63, 3.8) is 0 Å². The Morgan fingerprint density at radius 2 is 1.76 bits per heavy atom. The topological polar surface area (TPSA) is 118 Å². The van der Waals surface area contributed by atoms with Crippen LogP contribution in [0.15, 0.2) is 53.5 Å². The van der Waals surface area contributed by atoms with E-state index < -0.39 is 56.6 Å². The van der Waals surface area contributed by atoms with Crippen LogP contribution in [0.25, 0.3) is 22.2 Å². The fourth-order valence-electron chi connectivity index (χ4n) is 4.93. The first-order chi connectivity index (χ1) is 19.9. The highest BCUT2D eigenvalue weighted by Gasteiger charge is 2.24. The van der Waals surface area contributed by atoms with Gasteiger partial charge in [-0.25, -0.2) is 31.0 Å². The Morgan fingerprint density at radius 1 is 1.07 bits per heavy atom. The highest BCUT2D eigenvalue weighted by atomic mass is 32.2. The predicted octanol–water partition coefficient (Wildman–Crippen LogP) is 4.51. The van der Waals surface area contributed by atoms with Gasteiger partial charge in [0.1, 0.15) is 29.3 Å². The van der Waals surface area contributed by atoms with Crippen LogP contribution in [0.4, 0.5) is 29.2 Å². The first-order valence-corrected chi connectivity index (χ1v) is 14.8. The van der Waals surface area contributed by atoms with Crippen molar-refractivity contribution in [3.05, 3.63) is 82.0 Å². The highest BCUT2D eigenvalue weighted by molar-refractivity contribution is 7.91. The average molecular weight is 605 g/mol. The molecule has 4 aromatic rings. The third kappa shape index (κ3) is 6.39. The molecular weight excluding hydrogens is 576 g/mol. The maximum absolute atomic E-state index is 15.4. The van der Waals surface area contributed by atoms with Crippen LogP contribution in [-0.2, 0) is 15.8 Å². The first kappa shape index (κ1) is 29.5. The number of benzene rings is 2. The van der Waals surface area contributed by atoms with Gasteiger partial charge in [0.25, 0.3) is 5.56 Å². The Morgan fingerprint density at radius 3 is 2.40 bits per heavy atom. The molecule has 1 aliphatic heterocycles. The molecule has 42 heavy (non-hydrogen) atoms. The van der Waals surface area contributed by atoms with Gasteiger partial charge in [-0.05, 0) is 49.7 Å². The van der Waals surface area contributed by atoms with E-state index in [4.69, 9.17) is 0 Å². The van der Waals surface area contributed by atoms with Crippen molar-refractivity contribution in [1.82, 2.24) is 19.9 Å². The van der Waals surface area contributed by atoms with Gasteiger partial charge in [0, 0.05) is 43.2 Å². The van der Waals surface area contributed by atoms with Gasteiger partial charge in [-0.15, -0.1) is 0 Å². The van der Waals surface area contributed by atoms with Gasteiger partial charge in [0.05, 0.1) is 22.6 Å². The van der Waals surface area contributed by atoms with E-state index in [1.54, 1.807) is 13.8 Å². The van der Waals surface area contributed by atoms with Crippen LogP contribution in [0.1, 0.15) is 31.9 Å². The number of sulfonamides is 1. The molecule has 9 nitrogen and oxygen atoms in total. The Bertz CT molecular complexity index is 1780. The summed E-state index contributed by atoms with van der Waals surface area (Å²) in [4.78, 5) is 22.3. The summed E-state index contributed by atoms with van der Waals surface area (Å²) in [6, 6.07) is 6.89. The van der Waals surface area contributed by atoms with Crippen molar-refractivity contribution in [2.45, 2.75) is 44.3 Å². The van der Waals surface area contributed by atoms with Crippen molar-refractivity contribution in [2.75, 3.05) is 23.1 Å². The lowest BCUT2D eigenvalue weighted by Gasteiger charge is -2.26. The molecule has 1 saturated heterocycles. The summed E-state index contributed by atoms with van der Waals surface area (Å²) in [5.41, 5.74) is -1.53. The summed E-state index contributed by atoms with van der Waals surface area (Å²) in [5, 5.41) is 6.37. The second-order valence-corrected chi connectivity index (χ2v) is 12.2. The van der Waals surface area contributed by atoms with E-state index in [-0.39, 0.29) is 47.4 Å². The van der Waals surface area contributed by atoms with Crippen LogP contribution in [0, 0.1) is 17.5 Å². The summed E-state index contributed by atoms with van der Waals surface area (Å²) in [5.74, 6) is -3.23. The summed E-state index contributed by atoms with van der Waals surface area (Å²) in [7, 11) is -4.10. The molecule has 222 valence electrons. The van der Waals surface area contributed by atoms with E-state index in [2.05, 4.69) is 25.3 Å². The highest BCUT2D eigenvalue weighted by Crippen LogP contribution is 2.30. The van der Waals surface area contributed by atoms with Gasteiger partial charge < -0.3 is 10.6 Å². The standard InChI is InChI=1S/C28H28F4N6O3S/c1-15(2)38-26-17(11-34-28(36-26)35-21-8-19(30)12-33-13-21)7-22(27(38)39)25-23(31)9-20(10-24(25)32)37-42(40,41)14-16-3-5-18(29)6-4-16/h3-7,9-11,15,19,21,33,37H,8,12-14H2,1-2H3,(H,34,35,36)/t19-,21-/m0/s1. The number of alkyl halides is 1. The van der Waals surface area contributed by atoms with Crippen LogP contribution in [0.2, 0.25) is 0 Å². The molecule has 0 spiro atoms. The Hall–Kier alpha value is -4.04. The third-order valence-corrected chi connectivity index (χ3v) is 8.03. The molecule has 0 unspecified atom stereocenters. The second kappa shape index (κ2) is 11.7. The Labute approximate surface area is 239 Å². The number of anilines is 2. The smallest absolute Gasteiger partial charge is 0.260 e. The maximum Gasteiger partial charge on any atom is 0.260 e. The van der Waals surface area contributed by atoms with Crippen LogP contribution >= 0.6 is 0 Å². The third-order valence-electron chi connectivity index (χ3n) is 6.77. The number of hydrogen-bond acceptors (Lipinski definition) is 7. The molecule has 5 rings (SSSR count). The van der Waals surface area contributed by atoms with E-state index in [0.29, 0.717) is 11.9 Å². The molecule has 14 heteroatoms. The van der Waals surface area contributed by atoms with E-state index in [1.807, 2.05) is 0 Å². The molecule has 1 fully saturated rings. The number of piperidine rings is 1. The number of fused-ring (bicyclic) bond motifs is 1. The number of halogens is 4. The number of rotatable bonds is 8. The van der Waals surface area contributed by atoms with Gasteiger partial charge in [-0.3, -0.25) is 14.1 Å². The number of pyridine rings is 1. The minimum atomic E-state index is -4.10. The van der Waals surface area contributed by atoms with Gasteiger partial charge in [0.15, 0.2) is 0 Å². The number of nitrogens with one attached hydrogen (secondary N) is 3. The first-order valence-electron chi connectivity index (χ1n) is 13.2. The van der Waals surface area contributed by atoms with Crippen LogP contribution in [0.3, 0.4) is 0 Å². The SMILES string of the molecule is CC(C)n1c(=O)c(-c2c(F)cc(NS(=O)(=O)Cc3ccc(F)cc3)cc2F)cc2cnc(N[C@@H]3CNC[C@@H](F)C3)nc21. The van der Waals surface area contributed by atoms with E-state index in [0.717, 1.165) is 24.3 Å². The van der Waals surface area contributed by atoms with Gasteiger partial charge in [-0.1, -0.05) is 12.1 Å². The zero-order valence-electron chi connectivity index (χ0n) is 22.7. The van der Waals surface area contributed by atoms with Crippen molar-refractivity contribution in [1.29, 1.82) is 0 Å². The van der Waals surface area contributed by atoms with Gasteiger partial charge >= 0.3 is 0 Å². The van der Waals surface area contributed by atoms with Gasteiger partial charge in [0.2, 0.25) is 16.0 Å². The molecule has 0 amide bonds. The summed E-state index contributed by atoms with van der Waals surface area (Å²) in [6.45, 7) is 4.20. The lowest BCUT2D eigenvalue weighted by atomic mass is 10.0. The quantitative estimate of drug-likeness (QED) is 0.253. The van der Waals surface area contributed by atoms with Gasteiger partial charge in [-0.2, -0.15) is 4.98 Å². The molecule has 0 aliphatic carbocycles. The van der Waals surface area contributed by atoms with Crippen molar-refractivity contribution < 1.29 is 26.0 Å². The van der Waals surface area contributed by atoms with Crippen LogP contribution in [-0.4, -0.2) is 48.3 Å². The van der Waals surface area contributed by atoms with Crippen LogP contribution < -0.4 is 20.9 Å². The predicted molar refractivity (Wildman–Crippen MR) is 152 cm³/mol. The molecule has 0 bridgehead atoms. The minimum Gasteiger partial charge on any atom is -0.350 e.